The first-order valence-corrected chi connectivity index (χ1v) is 13.0. The van der Waals surface area contributed by atoms with E-state index in [0.717, 1.165) is 5.82 Å². The molecule has 188 valence electrons. The number of esters is 1. The molecule has 0 aliphatic carbocycles. The molecule has 4 heteroatoms. The molecule has 0 spiro atoms. The summed E-state index contributed by atoms with van der Waals surface area (Å²) in [4.78, 5) is 12.1. The average molecular weight is 476 g/mol. The first-order chi connectivity index (χ1) is 16.5. The Morgan fingerprint density at radius 2 is 1.17 bits per heavy atom. The summed E-state index contributed by atoms with van der Waals surface area (Å²) in [5.41, 5.74) is 7.54. The van der Waals surface area contributed by atoms with Crippen molar-refractivity contribution in [1.82, 2.24) is 4.57 Å². The zero-order valence-electron chi connectivity index (χ0n) is 23.2. The molecule has 0 N–H and O–H groups in total. The van der Waals surface area contributed by atoms with Crippen molar-refractivity contribution in [3.05, 3.63) is 76.9 Å². The number of rotatable bonds is 8. The van der Waals surface area contributed by atoms with Gasteiger partial charge in [-0.2, -0.15) is 9.13 Å². The Hall–Kier alpha value is -2.88. The molecule has 4 nitrogen and oxygen atoms in total. The van der Waals surface area contributed by atoms with Gasteiger partial charge in [0.25, 0.3) is 0 Å². The number of imidazole rings is 1. The van der Waals surface area contributed by atoms with Crippen LogP contribution in [0.3, 0.4) is 0 Å². The molecular weight excluding hydrogens is 432 g/mol. The van der Waals surface area contributed by atoms with E-state index < -0.39 is 6.10 Å². The number of hydrogen-bond donors (Lipinski definition) is 0. The lowest BCUT2D eigenvalue weighted by Crippen LogP contribution is -2.39. The molecule has 0 amide bonds. The molecule has 0 saturated carbocycles. The zero-order valence-corrected chi connectivity index (χ0v) is 23.2. The molecule has 2 aromatic carbocycles. The predicted molar refractivity (Wildman–Crippen MR) is 144 cm³/mol. The first kappa shape index (κ1) is 26.7. The third-order valence-corrected chi connectivity index (χ3v) is 6.73. The molecule has 1 unspecified atom stereocenters. The first-order valence-electron chi connectivity index (χ1n) is 13.0. The number of aromatic nitrogens is 2. The number of carbonyl (C=O) groups excluding carboxylic acids is 1. The Labute approximate surface area is 212 Å². The third kappa shape index (κ3) is 5.37. The second-order valence-corrected chi connectivity index (χ2v) is 10.8. The van der Waals surface area contributed by atoms with E-state index in [1.807, 2.05) is 6.92 Å². The Balaban J connectivity index is 2.46. The van der Waals surface area contributed by atoms with Gasteiger partial charge < -0.3 is 4.74 Å². The molecular formula is C31H43N2O2+. The van der Waals surface area contributed by atoms with E-state index in [-0.39, 0.29) is 5.97 Å². The Morgan fingerprint density at radius 1 is 0.743 bits per heavy atom. The monoisotopic (exact) mass is 475 g/mol. The molecule has 1 aromatic heterocycles. The second kappa shape index (κ2) is 10.8. The number of nitrogens with zero attached hydrogens (tertiary/aromatic N) is 2. The van der Waals surface area contributed by atoms with Crippen LogP contribution in [0.5, 0.6) is 0 Å². The maximum Gasteiger partial charge on any atom is 0.308 e. The van der Waals surface area contributed by atoms with Crippen molar-refractivity contribution in [1.29, 1.82) is 0 Å². The average Bonchev–Trinajstić information content (AvgIpc) is 3.21. The lowest BCUT2D eigenvalue weighted by atomic mass is 9.92. The summed E-state index contributed by atoms with van der Waals surface area (Å²) in [5.74, 6) is 2.08. The molecule has 0 fully saturated rings. The molecule has 0 saturated heterocycles. The fraction of sp³-hybridized carbons (Fsp3) is 0.484. The fourth-order valence-electron chi connectivity index (χ4n) is 5.05. The second-order valence-electron chi connectivity index (χ2n) is 10.8. The zero-order chi connectivity index (χ0) is 26.0. The molecule has 0 bridgehead atoms. The van der Waals surface area contributed by atoms with Gasteiger partial charge in [-0.3, -0.25) is 4.79 Å². The van der Waals surface area contributed by atoms with Crippen molar-refractivity contribution in [2.24, 2.45) is 0 Å². The molecule has 1 atom stereocenters. The van der Waals surface area contributed by atoms with Crippen LogP contribution in [-0.4, -0.2) is 10.5 Å². The van der Waals surface area contributed by atoms with E-state index in [9.17, 15) is 4.79 Å². The lowest BCUT2D eigenvalue weighted by Gasteiger charge is -2.21. The van der Waals surface area contributed by atoms with E-state index in [4.69, 9.17) is 4.74 Å². The largest absolute Gasteiger partial charge is 0.450 e. The molecule has 35 heavy (non-hydrogen) atoms. The van der Waals surface area contributed by atoms with Crippen LogP contribution < -0.4 is 4.57 Å². The fourth-order valence-corrected chi connectivity index (χ4v) is 5.05. The van der Waals surface area contributed by atoms with E-state index in [1.54, 1.807) is 0 Å². The van der Waals surface area contributed by atoms with Crippen LogP contribution in [0.4, 0.5) is 0 Å². The highest BCUT2D eigenvalue weighted by Crippen LogP contribution is 2.35. The van der Waals surface area contributed by atoms with Crippen molar-refractivity contribution >= 4 is 5.97 Å². The van der Waals surface area contributed by atoms with Crippen LogP contribution in [0.15, 0.2) is 48.8 Å². The lowest BCUT2D eigenvalue weighted by molar-refractivity contribution is -0.609. The van der Waals surface area contributed by atoms with Crippen molar-refractivity contribution in [3.8, 4) is 11.4 Å². The van der Waals surface area contributed by atoms with E-state index >= 15 is 0 Å². The van der Waals surface area contributed by atoms with E-state index in [2.05, 4.69) is 113 Å². The topological polar surface area (TPSA) is 35.1 Å². The number of benzene rings is 2. The normalized spacial score (nSPS) is 12.7. The highest BCUT2D eigenvalue weighted by molar-refractivity contribution is 5.66. The van der Waals surface area contributed by atoms with Crippen molar-refractivity contribution < 1.29 is 14.1 Å². The van der Waals surface area contributed by atoms with Gasteiger partial charge in [-0.05, 0) is 30.6 Å². The molecule has 0 aliphatic heterocycles. The Bertz CT molecular complexity index is 1050. The summed E-state index contributed by atoms with van der Waals surface area (Å²) in [6.45, 7) is 21.4. The van der Waals surface area contributed by atoms with Gasteiger partial charge in [-0.25, -0.2) is 0 Å². The van der Waals surface area contributed by atoms with E-state index in [0.29, 0.717) is 23.7 Å². The van der Waals surface area contributed by atoms with Crippen LogP contribution in [0, 0.1) is 0 Å². The van der Waals surface area contributed by atoms with Gasteiger partial charge in [0.1, 0.15) is 23.8 Å². The highest BCUT2D eigenvalue weighted by Gasteiger charge is 2.34. The smallest absolute Gasteiger partial charge is 0.308 e. The summed E-state index contributed by atoms with van der Waals surface area (Å²) in [7, 11) is 0. The maximum atomic E-state index is 12.1. The van der Waals surface area contributed by atoms with Gasteiger partial charge in [-0.1, -0.05) is 91.8 Å². The van der Waals surface area contributed by atoms with Gasteiger partial charge in [-0.15, -0.1) is 0 Å². The summed E-state index contributed by atoms with van der Waals surface area (Å²) in [5, 5.41) is 0. The van der Waals surface area contributed by atoms with Crippen LogP contribution in [-0.2, 0) is 9.53 Å². The highest BCUT2D eigenvalue weighted by atomic mass is 16.5. The van der Waals surface area contributed by atoms with Gasteiger partial charge in [0, 0.05) is 29.2 Å². The minimum absolute atomic E-state index is 0.278. The molecule has 0 radical (unpaired) electrons. The molecule has 0 aliphatic rings. The number of ether oxygens (including phenoxy) is 1. The molecule has 3 rings (SSSR count). The SMILES string of the molecule is CC(=O)OC(C)c1n(-c2c(C(C)C)cccc2C(C)C)cc[n+]1-c1c(C(C)C)cccc1C(C)C. The third-order valence-electron chi connectivity index (χ3n) is 6.73. The Kier molecular flexibility index (Phi) is 8.25. The Morgan fingerprint density at radius 3 is 1.57 bits per heavy atom. The minimum Gasteiger partial charge on any atom is -0.450 e. The van der Waals surface area contributed by atoms with Gasteiger partial charge >= 0.3 is 11.8 Å². The van der Waals surface area contributed by atoms with Gasteiger partial charge in [0.2, 0.25) is 6.10 Å². The van der Waals surface area contributed by atoms with Gasteiger partial charge in [0.15, 0.2) is 0 Å². The van der Waals surface area contributed by atoms with Crippen molar-refractivity contribution in [2.45, 2.75) is 99.0 Å². The number of carbonyl (C=O) groups is 1. The number of hydrogen-bond acceptors (Lipinski definition) is 2. The van der Waals surface area contributed by atoms with Crippen LogP contribution in [0.2, 0.25) is 0 Å². The van der Waals surface area contributed by atoms with Crippen LogP contribution in [0.25, 0.3) is 11.4 Å². The van der Waals surface area contributed by atoms with E-state index in [1.165, 1.54) is 40.6 Å². The van der Waals surface area contributed by atoms with Gasteiger partial charge in [0.05, 0.1) is 0 Å². The van der Waals surface area contributed by atoms with Crippen LogP contribution >= 0.6 is 0 Å². The summed E-state index contributed by atoms with van der Waals surface area (Å²) in [6.07, 6.45) is 3.86. The predicted octanol–water partition coefficient (Wildman–Crippen LogP) is 7.87. The minimum atomic E-state index is -0.428. The summed E-state index contributed by atoms with van der Waals surface area (Å²) in [6, 6.07) is 13.2. The summed E-state index contributed by atoms with van der Waals surface area (Å²) < 4.78 is 10.4. The maximum absolute atomic E-state index is 12.1. The van der Waals surface area contributed by atoms with Crippen LogP contribution in [0.1, 0.15) is 127 Å². The standard InChI is InChI=1S/C31H43N2O2/c1-19(2)25-13-11-14-26(20(3)4)29(25)32-17-18-33(31(32)23(9)35-24(10)34)30-27(21(5)6)15-12-16-28(30)22(7)8/h11-23H,1-10H3/q+1. The quantitative estimate of drug-likeness (QED) is 0.245. The summed E-state index contributed by atoms with van der Waals surface area (Å²) >= 11 is 0. The van der Waals surface area contributed by atoms with Crippen molar-refractivity contribution in [2.75, 3.05) is 0 Å². The van der Waals surface area contributed by atoms with Crippen molar-refractivity contribution in [3.63, 3.8) is 0 Å². The molecule has 3 aromatic rings. The number of para-hydroxylation sites is 2. The molecule has 1 heterocycles.